The summed E-state index contributed by atoms with van der Waals surface area (Å²) in [5.41, 5.74) is 1.25. The van der Waals surface area contributed by atoms with Crippen molar-refractivity contribution in [3.8, 4) is 0 Å². The van der Waals surface area contributed by atoms with E-state index in [1.807, 2.05) is 6.92 Å². The fourth-order valence-electron chi connectivity index (χ4n) is 4.81. The van der Waals surface area contributed by atoms with E-state index in [0.717, 1.165) is 41.6 Å². The van der Waals surface area contributed by atoms with Gasteiger partial charge in [0.15, 0.2) is 0 Å². The Morgan fingerprint density at radius 1 is 1.02 bits per heavy atom. The molecule has 0 heterocycles. The van der Waals surface area contributed by atoms with Gasteiger partial charge in [-0.15, -0.1) is 0 Å². The second-order valence-electron chi connectivity index (χ2n) is 10.1. The van der Waals surface area contributed by atoms with Crippen LogP contribution in [0.5, 0.6) is 0 Å². The molecule has 1 aliphatic carbocycles. The SMILES string of the molecule is Cc1ccc(S(=O)(=O)N(CC(=O)N(Cc2cccc(Cl)c2)[C@H](C)C(=O)NC2CCCC2)c2ccccc2F)cc1. The number of benzene rings is 3. The van der Waals surface area contributed by atoms with E-state index in [0.29, 0.717) is 10.6 Å². The number of para-hydroxylation sites is 1. The van der Waals surface area contributed by atoms with Crippen LogP contribution < -0.4 is 9.62 Å². The monoisotopic (exact) mass is 585 g/mol. The standard InChI is InChI=1S/C30H33ClFN3O4S/c1-21-14-16-26(17-15-21)40(38,39)35(28-13-6-5-12-27(28)32)20-29(36)34(19-23-8-7-9-24(31)18-23)22(2)30(37)33-25-10-3-4-11-25/h5-9,12-18,22,25H,3-4,10-11,19-20H2,1-2H3,(H,33,37)/t22-/m1/s1. The summed E-state index contributed by atoms with van der Waals surface area (Å²) >= 11 is 6.17. The second kappa shape index (κ2) is 12.8. The van der Waals surface area contributed by atoms with Gasteiger partial charge in [-0.2, -0.15) is 0 Å². The maximum absolute atomic E-state index is 15.0. The first kappa shape index (κ1) is 29.6. The molecule has 0 bridgehead atoms. The van der Waals surface area contributed by atoms with Crippen LogP contribution in [0.15, 0.2) is 77.7 Å². The summed E-state index contributed by atoms with van der Waals surface area (Å²) in [5.74, 6) is -1.78. The summed E-state index contributed by atoms with van der Waals surface area (Å²) in [6, 6.07) is 17.5. The zero-order valence-corrected chi connectivity index (χ0v) is 24.1. The maximum Gasteiger partial charge on any atom is 0.264 e. The van der Waals surface area contributed by atoms with E-state index < -0.39 is 34.3 Å². The average Bonchev–Trinajstić information content (AvgIpc) is 3.43. The number of carbonyl (C=O) groups excluding carboxylic acids is 2. The van der Waals surface area contributed by atoms with E-state index in [-0.39, 0.29) is 29.1 Å². The molecule has 3 aromatic rings. The first-order valence-electron chi connectivity index (χ1n) is 13.2. The van der Waals surface area contributed by atoms with Crippen LogP contribution in [0.3, 0.4) is 0 Å². The second-order valence-corrected chi connectivity index (χ2v) is 12.4. The molecule has 0 spiro atoms. The van der Waals surface area contributed by atoms with Crippen LogP contribution >= 0.6 is 11.6 Å². The van der Waals surface area contributed by atoms with Gasteiger partial charge in [0.2, 0.25) is 11.8 Å². The Morgan fingerprint density at radius 2 is 1.70 bits per heavy atom. The van der Waals surface area contributed by atoms with Gasteiger partial charge in [0.1, 0.15) is 18.4 Å². The highest BCUT2D eigenvalue weighted by atomic mass is 35.5. The molecule has 212 valence electrons. The number of hydrogen-bond donors (Lipinski definition) is 1. The first-order chi connectivity index (χ1) is 19.1. The van der Waals surface area contributed by atoms with Crippen molar-refractivity contribution in [2.24, 2.45) is 0 Å². The highest BCUT2D eigenvalue weighted by Gasteiger charge is 2.34. The van der Waals surface area contributed by atoms with E-state index >= 15 is 0 Å². The van der Waals surface area contributed by atoms with Crippen LogP contribution in [0.2, 0.25) is 5.02 Å². The minimum absolute atomic E-state index is 0.00827. The number of nitrogens with zero attached hydrogens (tertiary/aromatic N) is 2. The summed E-state index contributed by atoms with van der Waals surface area (Å²) in [5, 5.41) is 3.48. The van der Waals surface area contributed by atoms with Crippen LogP contribution in [0.1, 0.15) is 43.7 Å². The minimum atomic E-state index is -4.34. The molecule has 10 heteroatoms. The molecule has 40 heavy (non-hydrogen) atoms. The molecule has 0 saturated heterocycles. The van der Waals surface area contributed by atoms with E-state index in [4.69, 9.17) is 11.6 Å². The number of aryl methyl sites for hydroxylation is 1. The lowest BCUT2D eigenvalue weighted by atomic mass is 10.1. The van der Waals surface area contributed by atoms with Crippen LogP contribution in [0.4, 0.5) is 10.1 Å². The number of carbonyl (C=O) groups is 2. The Labute approximate surface area is 240 Å². The third-order valence-electron chi connectivity index (χ3n) is 7.12. The van der Waals surface area contributed by atoms with Crippen molar-refractivity contribution in [1.82, 2.24) is 10.2 Å². The third-order valence-corrected chi connectivity index (χ3v) is 9.13. The van der Waals surface area contributed by atoms with E-state index in [2.05, 4.69) is 5.32 Å². The number of halogens is 2. The van der Waals surface area contributed by atoms with Crippen LogP contribution in [-0.4, -0.2) is 43.8 Å². The lowest BCUT2D eigenvalue weighted by Gasteiger charge is -2.32. The van der Waals surface area contributed by atoms with Crippen LogP contribution in [0, 0.1) is 12.7 Å². The van der Waals surface area contributed by atoms with Crippen molar-refractivity contribution in [3.05, 3.63) is 94.8 Å². The molecular weight excluding hydrogens is 553 g/mol. The number of rotatable bonds is 10. The molecule has 0 aliphatic heterocycles. The molecule has 1 aliphatic rings. The molecule has 4 rings (SSSR count). The molecule has 0 radical (unpaired) electrons. The molecule has 7 nitrogen and oxygen atoms in total. The zero-order chi connectivity index (χ0) is 28.9. The molecule has 0 aromatic heterocycles. The zero-order valence-electron chi connectivity index (χ0n) is 22.5. The summed E-state index contributed by atoms with van der Waals surface area (Å²) in [4.78, 5) is 28.4. The van der Waals surface area contributed by atoms with Gasteiger partial charge >= 0.3 is 0 Å². The third kappa shape index (κ3) is 7.01. The Balaban J connectivity index is 1.69. The fourth-order valence-corrected chi connectivity index (χ4v) is 6.45. The molecule has 3 aromatic carbocycles. The number of amides is 2. The van der Waals surface area contributed by atoms with Crippen LogP contribution in [0.25, 0.3) is 0 Å². The normalized spacial score (nSPS) is 14.5. The van der Waals surface area contributed by atoms with Crippen molar-refractivity contribution in [2.45, 2.75) is 63.1 Å². The summed E-state index contributed by atoms with van der Waals surface area (Å²) in [7, 11) is -4.34. The molecule has 2 amide bonds. The Hall–Kier alpha value is -3.43. The molecule has 1 fully saturated rings. The summed E-state index contributed by atoms with van der Waals surface area (Å²) in [6.07, 6.45) is 3.80. The smallest absolute Gasteiger partial charge is 0.264 e. The van der Waals surface area contributed by atoms with Crippen LogP contribution in [-0.2, 0) is 26.2 Å². The van der Waals surface area contributed by atoms with Gasteiger partial charge in [-0.25, -0.2) is 12.8 Å². The van der Waals surface area contributed by atoms with Gasteiger partial charge in [0, 0.05) is 17.6 Å². The predicted octanol–water partition coefficient (Wildman–Crippen LogP) is 5.46. The van der Waals surface area contributed by atoms with Gasteiger partial charge in [0.05, 0.1) is 10.6 Å². The molecule has 1 atom stereocenters. The lowest BCUT2D eigenvalue weighted by molar-refractivity contribution is -0.139. The van der Waals surface area contributed by atoms with E-state index in [9.17, 15) is 22.4 Å². The number of sulfonamides is 1. The van der Waals surface area contributed by atoms with Gasteiger partial charge < -0.3 is 10.2 Å². The predicted molar refractivity (Wildman–Crippen MR) is 154 cm³/mol. The number of hydrogen-bond acceptors (Lipinski definition) is 4. The van der Waals surface area contributed by atoms with Gasteiger partial charge in [-0.1, -0.05) is 66.4 Å². The van der Waals surface area contributed by atoms with Gasteiger partial charge in [-0.05, 0) is 68.7 Å². The Bertz CT molecular complexity index is 1460. The van der Waals surface area contributed by atoms with E-state index in [1.165, 1.54) is 35.2 Å². The van der Waals surface area contributed by atoms with Crippen molar-refractivity contribution in [2.75, 3.05) is 10.8 Å². The lowest BCUT2D eigenvalue weighted by Crippen LogP contribution is -2.52. The Morgan fingerprint density at radius 3 is 2.35 bits per heavy atom. The summed E-state index contributed by atoms with van der Waals surface area (Å²) < 4.78 is 43.3. The van der Waals surface area contributed by atoms with Gasteiger partial charge in [0.25, 0.3) is 10.0 Å². The largest absolute Gasteiger partial charge is 0.352 e. The highest BCUT2D eigenvalue weighted by molar-refractivity contribution is 7.92. The van der Waals surface area contributed by atoms with E-state index in [1.54, 1.807) is 43.3 Å². The molecule has 1 N–H and O–H groups in total. The van der Waals surface area contributed by atoms with Crippen molar-refractivity contribution in [3.63, 3.8) is 0 Å². The topological polar surface area (TPSA) is 86.8 Å². The maximum atomic E-state index is 15.0. The number of anilines is 1. The van der Waals surface area contributed by atoms with Crippen molar-refractivity contribution < 1.29 is 22.4 Å². The van der Waals surface area contributed by atoms with Gasteiger partial charge in [-0.3, -0.25) is 13.9 Å². The minimum Gasteiger partial charge on any atom is -0.352 e. The van der Waals surface area contributed by atoms with Crippen molar-refractivity contribution >= 4 is 39.1 Å². The van der Waals surface area contributed by atoms with Crippen molar-refractivity contribution in [1.29, 1.82) is 0 Å². The first-order valence-corrected chi connectivity index (χ1v) is 15.1. The fraction of sp³-hybridized carbons (Fsp3) is 0.333. The summed E-state index contributed by atoms with van der Waals surface area (Å²) in [6.45, 7) is 2.72. The molecular formula is C30H33ClFN3O4S. The highest BCUT2D eigenvalue weighted by Crippen LogP contribution is 2.27. The molecule has 1 saturated carbocycles. The quantitative estimate of drug-likeness (QED) is 0.342. The molecule has 0 unspecified atom stereocenters. The Kier molecular flexibility index (Phi) is 9.48. The number of nitrogens with one attached hydrogen (secondary N) is 1. The average molecular weight is 586 g/mol.